The number of carbonyl (C=O) groups excluding carboxylic acids is 2. The predicted octanol–water partition coefficient (Wildman–Crippen LogP) is 2.14. The summed E-state index contributed by atoms with van der Waals surface area (Å²) in [6.45, 7) is 0.926. The van der Waals surface area contributed by atoms with Gasteiger partial charge in [-0.1, -0.05) is 43.0 Å². The molecular formula is C21H27N3O4. The summed E-state index contributed by atoms with van der Waals surface area (Å²) in [6, 6.07) is 2.03. The van der Waals surface area contributed by atoms with Crippen molar-refractivity contribution in [1.29, 1.82) is 0 Å². The molecule has 3 fully saturated rings. The fraction of sp³-hybridized carbons (Fsp3) is 0.667. The SMILES string of the molecule is CN(Cc1ccno1)C(=O)[C@H]1[C@@H]2C=C[C@@]3(CN(C4CCCCCC4)C(=O)[C@@H]13)O2. The van der Waals surface area contributed by atoms with Crippen LogP contribution >= 0.6 is 0 Å². The minimum absolute atomic E-state index is 0.0614. The number of ether oxygens (including phenoxy) is 1. The largest absolute Gasteiger partial charge is 0.360 e. The number of amides is 2. The first-order valence-electron chi connectivity index (χ1n) is 10.4. The van der Waals surface area contributed by atoms with Crippen molar-refractivity contribution in [3.8, 4) is 0 Å². The lowest BCUT2D eigenvalue weighted by molar-refractivity contribution is -0.143. The van der Waals surface area contributed by atoms with E-state index in [0.29, 0.717) is 18.8 Å². The van der Waals surface area contributed by atoms with Crippen molar-refractivity contribution in [1.82, 2.24) is 15.0 Å². The molecule has 3 aliphatic heterocycles. The van der Waals surface area contributed by atoms with Crippen LogP contribution in [0, 0.1) is 11.8 Å². The fourth-order valence-corrected chi connectivity index (χ4v) is 5.58. The molecular weight excluding hydrogens is 358 g/mol. The van der Waals surface area contributed by atoms with Gasteiger partial charge in [0.1, 0.15) is 5.60 Å². The van der Waals surface area contributed by atoms with E-state index in [4.69, 9.17) is 9.26 Å². The minimum atomic E-state index is -0.624. The number of carbonyl (C=O) groups is 2. The Morgan fingerprint density at radius 3 is 2.82 bits per heavy atom. The van der Waals surface area contributed by atoms with Gasteiger partial charge in [0.05, 0.1) is 37.2 Å². The van der Waals surface area contributed by atoms with Crippen LogP contribution < -0.4 is 0 Å². The molecule has 0 N–H and O–H groups in total. The molecule has 7 nitrogen and oxygen atoms in total. The number of hydrogen-bond donors (Lipinski definition) is 0. The smallest absolute Gasteiger partial charge is 0.230 e. The number of fused-ring (bicyclic) bond motifs is 1. The van der Waals surface area contributed by atoms with E-state index >= 15 is 0 Å². The molecule has 0 radical (unpaired) electrons. The van der Waals surface area contributed by atoms with Gasteiger partial charge >= 0.3 is 0 Å². The van der Waals surface area contributed by atoms with E-state index in [0.717, 1.165) is 12.8 Å². The maximum Gasteiger partial charge on any atom is 0.230 e. The monoisotopic (exact) mass is 385 g/mol. The van der Waals surface area contributed by atoms with E-state index in [1.54, 1.807) is 24.2 Å². The molecule has 2 amide bonds. The van der Waals surface area contributed by atoms with Gasteiger partial charge in [-0.2, -0.15) is 0 Å². The number of rotatable bonds is 4. The fourth-order valence-electron chi connectivity index (χ4n) is 5.58. The van der Waals surface area contributed by atoms with E-state index in [1.165, 1.54) is 25.7 Å². The summed E-state index contributed by atoms with van der Waals surface area (Å²) >= 11 is 0. The van der Waals surface area contributed by atoms with Crippen molar-refractivity contribution in [2.45, 2.75) is 62.8 Å². The molecule has 1 aliphatic carbocycles. The van der Waals surface area contributed by atoms with Crippen molar-refractivity contribution in [3.63, 3.8) is 0 Å². The summed E-state index contributed by atoms with van der Waals surface area (Å²) < 4.78 is 11.4. The van der Waals surface area contributed by atoms with Gasteiger partial charge in [0.15, 0.2) is 5.76 Å². The Morgan fingerprint density at radius 1 is 1.32 bits per heavy atom. The Kier molecular flexibility index (Phi) is 4.30. The predicted molar refractivity (Wildman–Crippen MR) is 99.9 cm³/mol. The third-order valence-electron chi connectivity index (χ3n) is 6.94. The lowest BCUT2D eigenvalue weighted by Gasteiger charge is -2.30. The Labute approximate surface area is 164 Å². The van der Waals surface area contributed by atoms with Gasteiger partial charge < -0.3 is 19.1 Å². The quantitative estimate of drug-likeness (QED) is 0.586. The summed E-state index contributed by atoms with van der Waals surface area (Å²) in [7, 11) is 1.75. The second-order valence-electron chi connectivity index (χ2n) is 8.68. The van der Waals surface area contributed by atoms with E-state index in [1.807, 2.05) is 17.1 Å². The normalized spacial score (nSPS) is 34.7. The molecule has 5 rings (SSSR count). The standard InChI is InChI=1S/C21H27N3O4/c1-23(12-15-9-11-22-28-15)19(25)17-16-8-10-21(27-16)13-24(20(26)18(17)21)14-6-4-2-3-5-7-14/h8-11,14,16-18H,2-7,12-13H2,1H3/t16-,17-,18+,21-/m0/s1. The molecule has 28 heavy (non-hydrogen) atoms. The molecule has 4 aliphatic rings. The maximum atomic E-state index is 13.5. The van der Waals surface area contributed by atoms with Crippen LogP contribution in [-0.2, 0) is 20.9 Å². The van der Waals surface area contributed by atoms with Gasteiger partial charge in [-0.25, -0.2) is 0 Å². The molecule has 150 valence electrons. The summed E-state index contributed by atoms with van der Waals surface area (Å²) in [6.07, 6.45) is 12.2. The molecule has 1 aromatic heterocycles. The molecule has 0 unspecified atom stereocenters. The second-order valence-corrected chi connectivity index (χ2v) is 8.68. The van der Waals surface area contributed by atoms with E-state index in [9.17, 15) is 9.59 Å². The lowest BCUT2D eigenvalue weighted by Crippen LogP contribution is -2.45. The van der Waals surface area contributed by atoms with Crippen molar-refractivity contribution in [2.75, 3.05) is 13.6 Å². The van der Waals surface area contributed by atoms with E-state index in [2.05, 4.69) is 5.16 Å². The number of likely N-dealkylation sites (tertiary alicyclic amines) is 1. The molecule has 2 bridgehead atoms. The highest BCUT2D eigenvalue weighted by molar-refractivity contribution is 5.93. The van der Waals surface area contributed by atoms with Crippen LogP contribution in [0.1, 0.15) is 44.3 Å². The molecule has 4 atom stereocenters. The summed E-state index contributed by atoms with van der Waals surface area (Å²) in [4.78, 5) is 30.4. The third-order valence-corrected chi connectivity index (χ3v) is 6.94. The highest BCUT2D eigenvalue weighted by atomic mass is 16.5. The average molecular weight is 385 g/mol. The minimum Gasteiger partial charge on any atom is -0.360 e. The Bertz CT molecular complexity index is 784. The zero-order chi connectivity index (χ0) is 19.3. The van der Waals surface area contributed by atoms with Crippen LogP contribution in [0.4, 0.5) is 0 Å². The second kappa shape index (κ2) is 6.72. The van der Waals surface area contributed by atoms with Crippen molar-refractivity contribution >= 4 is 11.8 Å². The Morgan fingerprint density at radius 2 is 2.11 bits per heavy atom. The first kappa shape index (κ1) is 17.9. The highest BCUT2D eigenvalue weighted by Crippen LogP contribution is 2.53. The van der Waals surface area contributed by atoms with Gasteiger partial charge in [-0.3, -0.25) is 9.59 Å². The van der Waals surface area contributed by atoms with Gasteiger partial charge in [0.2, 0.25) is 11.8 Å². The zero-order valence-electron chi connectivity index (χ0n) is 16.3. The van der Waals surface area contributed by atoms with E-state index in [-0.39, 0.29) is 24.0 Å². The van der Waals surface area contributed by atoms with Crippen LogP contribution in [0.25, 0.3) is 0 Å². The lowest BCUT2D eigenvalue weighted by atomic mass is 9.76. The molecule has 0 aromatic carbocycles. The van der Waals surface area contributed by atoms with Crippen LogP contribution in [0.15, 0.2) is 28.9 Å². The van der Waals surface area contributed by atoms with Gasteiger partial charge in [0, 0.05) is 19.2 Å². The van der Waals surface area contributed by atoms with Gasteiger partial charge in [-0.15, -0.1) is 0 Å². The van der Waals surface area contributed by atoms with Crippen LogP contribution in [-0.4, -0.2) is 58.1 Å². The topological polar surface area (TPSA) is 75.9 Å². The zero-order valence-corrected chi connectivity index (χ0v) is 16.3. The molecule has 1 spiro atoms. The number of nitrogens with zero attached hydrogens (tertiary/aromatic N) is 3. The molecule has 1 saturated carbocycles. The summed E-state index contributed by atoms with van der Waals surface area (Å²) in [5.41, 5.74) is -0.624. The molecule has 1 aromatic rings. The number of aromatic nitrogens is 1. The van der Waals surface area contributed by atoms with Crippen molar-refractivity contribution in [3.05, 3.63) is 30.2 Å². The molecule has 4 heterocycles. The Balaban J connectivity index is 1.37. The van der Waals surface area contributed by atoms with E-state index < -0.39 is 17.4 Å². The van der Waals surface area contributed by atoms with Crippen LogP contribution in [0.5, 0.6) is 0 Å². The van der Waals surface area contributed by atoms with Crippen LogP contribution in [0.3, 0.4) is 0 Å². The van der Waals surface area contributed by atoms with Crippen molar-refractivity contribution in [2.24, 2.45) is 11.8 Å². The van der Waals surface area contributed by atoms with Gasteiger partial charge in [0.25, 0.3) is 0 Å². The molecule has 2 saturated heterocycles. The number of hydrogen-bond acceptors (Lipinski definition) is 5. The Hall–Kier alpha value is -2.15. The van der Waals surface area contributed by atoms with Gasteiger partial charge in [-0.05, 0) is 12.8 Å². The highest BCUT2D eigenvalue weighted by Gasteiger charge is 2.67. The molecule has 7 heteroatoms. The van der Waals surface area contributed by atoms with Crippen molar-refractivity contribution < 1.29 is 18.8 Å². The average Bonchev–Trinajstić information content (AvgIpc) is 3.41. The first-order valence-corrected chi connectivity index (χ1v) is 10.4. The maximum absolute atomic E-state index is 13.5. The van der Waals surface area contributed by atoms with Crippen LogP contribution in [0.2, 0.25) is 0 Å². The third kappa shape index (κ3) is 2.70. The summed E-state index contributed by atoms with van der Waals surface area (Å²) in [5, 5.41) is 3.69. The first-order chi connectivity index (χ1) is 13.6. The summed E-state index contributed by atoms with van der Waals surface area (Å²) in [5.74, 6) is -0.196.